The van der Waals surface area contributed by atoms with E-state index in [9.17, 15) is 23.6 Å². The molecule has 2 heterocycles. The van der Waals surface area contributed by atoms with Crippen molar-refractivity contribution in [2.75, 3.05) is 23.3 Å². The average Bonchev–Trinajstić information content (AvgIpc) is 3.59. The molecule has 1 unspecified atom stereocenters. The highest BCUT2D eigenvalue weighted by Gasteiger charge is 2.43. The Morgan fingerprint density at radius 1 is 1.05 bits per heavy atom. The summed E-state index contributed by atoms with van der Waals surface area (Å²) in [6, 6.07) is 6.58. The Kier molecular flexibility index (Phi) is 6.99. The lowest BCUT2D eigenvalue weighted by atomic mass is 9.80. The molecule has 3 N–H and O–H groups in total. The van der Waals surface area contributed by atoms with E-state index >= 15 is 0 Å². The number of Topliss-reactive ketones (excluding diaryl/α,β-unsaturated/α-hetero) is 1. The van der Waals surface area contributed by atoms with Crippen molar-refractivity contribution in [2.24, 2.45) is 5.92 Å². The summed E-state index contributed by atoms with van der Waals surface area (Å²) in [6.07, 6.45) is 6.92. The third kappa shape index (κ3) is 5.52. The second-order valence-electron chi connectivity index (χ2n) is 10.2. The topological polar surface area (TPSA) is 121 Å². The number of rotatable bonds is 7. The fourth-order valence-electron chi connectivity index (χ4n) is 5.19. The molecule has 5 rings (SSSR count). The minimum absolute atomic E-state index is 0.00856. The Labute approximate surface area is 214 Å². The van der Waals surface area contributed by atoms with Crippen LogP contribution in [0.5, 0.6) is 0 Å². The maximum Gasteiger partial charge on any atom is 0.287 e. The van der Waals surface area contributed by atoms with Crippen LogP contribution in [0.3, 0.4) is 0 Å². The van der Waals surface area contributed by atoms with Crippen molar-refractivity contribution >= 4 is 34.9 Å². The molecule has 3 fully saturated rings. The molecule has 1 aromatic heterocycles. The van der Waals surface area contributed by atoms with Crippen LogP contribution >= 0.6 is 0 Å². The van der Waals surface area contributed by atoms with E-state index in [1.54, 1.807) is 23.1 Å². The molecule has 1 saturated heterocycles. The van der Waals surface area contributed by atoms with Crippen LogP contribution in [0.15, 0.2) is 41.0 Å². The SMILES string of the molecule is O=C(NC1(C(=O)NC2CCN(c3ccc(F)cc3NC(=O)C3CC3)CC2=O)CCCCC1)c1ccco1. The maximum atomic E-state index is 13.9. The van der Waals surface area contributed by atoms with Crippen molar-refractivity contribution < 1.29 is 28.0 Å². The molecule has 2 aliphatic carbocycles. The van der Waals surface area contributed by atoms with E-state index < -0.39 is 23.3 Å². The second-order valence-corrected chi connectivity index (χ2v) is 10.2. The number of anilines is 2. The first kappa shape index (κ1) is 25.0. The number of ketones is 1. The van der Waals surface area contributed by atoms with Crippen LogP contribution in [-0.2, 0) is 14.4 Å². The first-order valence-corrected chi connectivity index (χ1v) is 12.9. The van der Waals surface area contributed by atoms with E-state index in [2.05, 4.69) is 16.0 Å². The zero-order valence-electron chi connectivity index (χ0n) is 20.6. The highest BCUT2D eigenvalue weighted by molar-refractivity contribution is 6.01. The number of nitrogens with one attached hydrogen (secondary N) is 3. The number of benzene rings is 1. The summed E-state index contributed by atoms with van der Waals surface area (Å²) in [5.41, 5.74) is -0.187. The molecular weight excluding hydrogens is 479 g/mol. The standard InChI is InChI=1S/C27H31FN4O5/c28-18-8-9-21(20(15-18)29-24(34)17-6-7-17)32-13-10-19(22(33)16-32)30-26(36)27(11-2-1-3-12-27)31-25(35)23-5-4-14-37-23/h4-5,8-9,14-15,17,19H,1-3,6-7,10-13,16H2,(H,29,34)(H,30,36)(H,31,35). The normalized spacial score (nSPS) is 21.3. The number of carbonyl (C=O) groups is 4. The van der Waals surface area contributed by atoms with Gasteiger partial charge in [-0.05, 0) is 62.4 Å². The van der Waals surface area contributed by atoms with Gasteiger partial charge in [0, 0.05) is 12.5 Å². The van der Waals surface area contributed by atoms with E-state index in [4.69, 9.17) is 4.42 Å². The van der Waals surface area contributed by atoms with E-state index in [0.717, 1.165) is 32.1 Å². The largest absolute Gasteiger partial charge is 0.459 e. The van der Waals surface area contributed by atoms with Gasteiger partial charge in [0.1, 0.15) is 11.4 Å². The molecule has 1 atom stereocenters. The number of halogens is 1. The number of furan rings is 1. The Bertz CT molecular complexity index is 1190. The monoisotopic (exact) mass is 510 g/mol. The van der Waals surface area contributed by atoms with Crippen molar-refractivity contribution in [2.45, 2.75) is 62.9 Å². The number of nitrogens with zero attached hydrogens (tertiary/aromatic N) is 1. The minimum atomic E-state index is -1.10. The van der Waals surface area contributed by atoms with Crippen molar-refractivity contribution in [3.05, 3.63) is 48.2 Å². The van der Waals surface area contributed by atoms with Gasteiger partial charge in [-0.3, -0.25) is 19.2 Å². The summed E-state index contributed by atoms with van der Waals surface area (Å²) >= 11 is 0. The van der Waals surface area contributed by atoms with Gasteiger partial charge in [0.2, 0.25) is 11.8 Å². The highest BCUT2D eigenvalue weighted by Crippen LogP contribution is 2.34. The average molecular weight is 511 g/mol. The molecule has 1 aromatic carbocycles. The Morgan fingerprint density at radius 3 is 2.51 bits per heavy atom. The smallest absolute Gasteiger partial charge is 0.287 e. The molecule has 37 heavy (non-hydrogen) atoms. The molecule has 196 valence electrons. The van der Waals surface area contributed by atoms with Gasteiger partial charge in [0.05, 0.1) is 30.2 Å². The van der Waals surface area contributed by atoms with Gasteiger partial charge in [-0.15, -0.1) is 0 Å². The van der Waals surface area contributed by atoms with Crippen molar-refractivity contribution in [1.82, 2.24) is 10.6 Å². The fraction of sp³-hybridized carbons (Fsp3) is 0.481. The number of hydrogen-bond donors (Lipinski definition) is 3. The van der Waals surface area contributed by atoms with Crippen molar-refractivity contribution in [3.63, 3.8) is 0 Å². The van der Waals surface area contributed by atoms with Crippen LogP contribution in [0.2, 0.25) is 0 Å². The van der Waals surface area contributed by atoms with Crippen LogP contribution in [0.25, 0.3) is 0 Å². The van der Waals surface area contributed by atoms with E-state index in [-0.39, 0.29) is 35.8 Å². The number of hydrogen-bond acceptors (Lipinski definition) is 6. The lowest BCUT2D eigenvalue weighted by Gasteiger charge is -2.39. The van der Waals surface area contributed by atoms with Crippen LogP contribution < -0.4 is 20.9 Å². The molecule has 2 aromatic rings. The first-order chi connectivity index (χ1) is 17.8. The summed E-state index contributed by atoms with van der Waals surface area (Å²) < 4.78 is 19.1. The summed E-state index contributed by atoms with van der Waals surface area (Å²) in [5.74, 6) is -1.54. The van der Waals surface area contributed by atoms with Gasteiger partial charge in [0.25, 0.3) is 5.91 Å². The van der Waals surface area contributed by atoms with E-state index in [1.807, 2.05) is 0 Å². The van der Waals surface area contributed by atoms with Crippen LogP contribution in [0, 0.1) is 11.7 Å². The summed E-state index contributed by atoms with van der Waals surface area (Å²) in [6.45, 7) is 0.439. The lowest BCUT2D eigenvalue weighted by molar-refractivity contribution is -0.133. The number of carbonyl (C=O) groups excluding carboxylic acids is 4. The van der Waals surface area contributed by atoms with Crippen LogP contribution in [0.4, 0.5) is 15.8 Å². The summed E-state index contributed by atoms with van der Waals surface area (Å²) in [5, 5.41) is 8.56. The van der Waals surface area contributed by atoms with Crippen molar-refractivity contribution in [3.8, 4) is 0 Å². The predicted molar refractivity (Wildman–Crippen MR) is 134 cm³/mol. The molecule has 10 heteroatoms. The first-order valence-electron chi connectivity index (χ1n) is 12.9. The molecule has 3 aliphatic rings. The van der Waals surface area contributed by atoms with Crippen LogP contribution in [0.1, 0.15) is 61.9 Å². The summed E-state index contributed by atoms with van der Waals surface area (Å²) in [4.78, 5) is 53.4. The third-order valence-electron chi connectivity index (χ3n) is 7.47. The van der Waals surface area contributed by atoms with Gasteiger partial charge < -0.3 is 25.3 Å². The van der Waals surface area contributed by atoms with Gasteiger partial charge in [0.15, 0.2) is 11.5 Å². The predicted octanol–water partition coefficient (Wildman–Crippen LogP) is 3.16. The van der Waals surface area contributed by atoms with Gasteiger partial charge in [-0.25, -0.2) is 4.39 Å². The molecule has 2 saturated carbocycles. The Balaban J connectivity index is 1.25. The molecule has 0 spiro atoms. The van der Waals surface area contributed by atoms with E-state index in [0.29, 0.717) is 37.2 Å². The summed E-state index contributed by atoms with van der Waals surface area (Å²) in [7, 11) is 0. The van der Waals surface area contributed by atoms with Crippen LogP contribution in [-0.4, -0.2) is 48.2 Å². The molecule has 0 bridgehead atoms. The molecular formula is C27H31FN4O5. The van der Waals surface area contributed by atoms with Gasteiger partial charge in [-0.2, -0.15) is 0 Å². The molecule has 0 radical (unpaired) electrons. The Hall–Kier alpha value is -3.69. The Morgan fingerprint density at radius 2 is 1.84 bits per heavy atom. The van der Waals surface area contributed by atoms with Crippen molar-refractivity contribution in [1.29, 1.82) is 0 Å². The quantitative estimate of drug-likeness (QED) is 0.526. The number of piperidine rings is 1. The zero-order valence-corrected chi connectivity index (χ0v) is 20.6. The minimum Gasteiger partial charge on any atom is -0.459 e. The maximum absolute atomic E-state index is 13.9. The fourth-order valence-corrected chi connectivity index (χ4v) is 5.19. The molecule has 3 amide bonds. The second kappa shape index (κ2) is 10.4. The van der Waals surface area contributed by atoms with Gasteiger partial charge >= 0.3 is 0 Å². The molecule has 9 nitrogen and oxygen atoms in total. The highest BCUT2D eigenvalue weighted by atomic mass is 19.1. The zero-order chi connectivity index (χ0) is 26.0. The van der Waals surface area contributed by atoms with Gasteiger partial charge in [-0.1, -0.05) is 19.3 Å². The number of amides is 3. The third-order valence-corrected chi connectivity index (χ3v) is 7.47. The lowest BCUT2D eigenvalue weighted by Crippen LogP contribution is -2.63. The van der Waals surface area contributed by atoms with E-state index in [1.165, 1.54) is 18.4 Å². The molecule has 1 aliphatic heterocycles.